The van der Waals surface area contributed by atoms with Gasteiger partial charge in [0, 0.05) is 5.56 Å². The fourth-order valence-electron chi connectivity index (χ4n) is 1.75. The number of nitrogens with zero attached hydrogens (tertiary/aromatic N) is 2. The maximum Gasteiger partial charge on any atom is 0.416 e. The lowest BCUT2D eigenvalue weighted by molar-refractivity contribution is -0.137. The third-order valence-electron chi connectivity index (χ3n) is 2.62. The van der Waals surface area contributed by atoms with E-state index in [1.165, 1.54) is 18.2 Å². The maximum absolute atomic E-state index is 13.3. The van der Waals surface area contributed by atoms with E-state index in [2.05, 4.69) is 4.98 Å². The molecule has 0 bridgehead atoms. The molecule has 0 aliphatic heterocycles. The first-order valence-corrected chi connectivity index (χ1v) is 5.61. The summed E-state index contributed by atoms with van der Waals surface area (Å²) in [7, 11) is 0. The molecule has 0 radical (unpaired) electrons. The normalized spacial score (nSPS) is 11.2. The summed E-state index contributed by atoms with van der Waals surface area (Å²) >= 11 is 0. The van der Waals surface area contributed by atoms with Crippen molar-refractivity contribution in [2.24, 2.45) is 0 Å². The molecule has 0 aliphatic rings. The molecule has 0 amide bonds. The fraction of sp³-hybridized carbons (Fsp3) is 0.143. The van der Waals surface area contributed by atoms with Gasteiger partial charge >= 0.3 is 6.18 Å². The minimum absolute atomic E-state index is 0.0363. The number of pyridine rings is 1. The predicted octanol–water partition coefficient (Wildman–Crippen LogP) is 3.97. The molecule has 0 N–H and O–H groups in total. The molecule has 0 spiro atoms. The lowest BCUT2D eigenvalue weighted by atomic mass is 10.0. The van der Waals surface area contributed by atoms with Crippen LogP contribution in [0, 0.1) is 17.3 Å². The zero-order valence-corrected chi connectivity index (χ0v) is 10.1. The number of rotatable bonds is 2. The van der Waals surface area contributed by atoms with Crippen LogP contribution in [0.2, 0.25) is 0 Å². The summed E-state index contributed by atoms with van der Waals surface area (Å²) in [6, 6.07) is 8.81. The van der Waals surface area contributed by atoms with E-state index in [4.69, 9.17) is 5.26 Å². The van der Waals surface area contributed by atoms with Gasteiger partial charge in [-0.2, -0.15) is 22.8 Å². The van der Waals surface area contributed by atoms with Crippen molar-refractivity contribution < 1.29 is 17.6 Å². The standard InChI is InChI=1S/C14H8F4N2/c15-13-7-9(4-5-19)6-12(20-13)10-2-1-3-11(8-10)14(16,17)18/h1-3,6-8H,4H2. The molecule has 102 valence electrons. The van der Waals surface area contributed by atoms with E-state index >= 15 is 0 Å². The van der Waals surface area contributed by atoms with Crippen LogP contribution in [0.3, 0.4) is 0 Å². The minimum Gasteiger partial charge on any atom is -0.220 e. The van der Waals surface area contributed by atoms with Crippen molar-refractivity contribution in [2.75, 3.05) is 0 Å². The van der Waals surface area contributed by atoms with E-state index in [1.807, 2.05) is 6.07 Å². The monoisotopic (exact) mass is 280 g/mol. The Morgan fingerprint density at radius 2 is 1.90 bits per heavy atom. The van der Waals surface area contributed by atoms with E-state index in [0.717, 1.165) is 18.2 Å². The molecule has 0 fully saturated rings. The van der Waals surface area contributed by atoms with Crippen molar-refractivity contribution in [1.29, 1.82) is 5.26 Å². The molecule has 2 aromatic rings. The van der Waals surface area contributed by atoms with Crippen molar-refractivity contribution in [2.45, 2.75) is 12.6 Å². The highest BCUT2D eigenvalue weighted by molar-refractivity contribution is 5.61. The van der Waals surface area contributed by atoms with Crippen molar-refractivity contribution in [3.63, 3.8) is 0 Å². The Bertz CT molecular complexity index is 672. The SMILES string of the molecule is N#CCc1cc(F)nc(-c2cccc(C(F)(F)F)c2)c1. The highest BCUT2D eigenvalue weighted by Gasteiger charge is 2.30. The quantitative estimate of drug-likeness (QED) is 0.616. The molecular weight excluding hydrogens is 272 g/mol. The molecule has 2 nitrogen and oxygen atoms in total. The zero-order valence-electron chi connectivity index (χ0n) is 10.1. The van der Waals surface area contributed by atoms with Crippen molar-refractivity contribution in [1.82, 2.24) is 4.98 Å². The molecule has 1 aromatic heterocycles. The number of alkyl halides is 3. The lowest BCUT2D eigenvalue weighted by Crippen LogP contribution is -2.04. The summed E-state index contributed by atoms with van der Waals surface area (Å²) in [6.07, 6.45) is -4.51. The van der Waals surface area contributed by atoms with Crippen LogP contribution in [0.25, 0.3) is 11.3 Å². The molecule has 6 heteroatoms. The molecule has 0 saturated carbocycles. The smallest absolute Gasteiger partial charge is 0.220 e. The Hall–Kier alpha value is -2.42. The van der Waals surface area contributed by atoms with Crippen LogP contribution >= 0.6 is 0 Å². The van der Waals surface area contributed by atoms with Crippen LogP contribution in [0.15, 0.2) is 36.4 Å². The first-order valence-electron chi connectivity index (χ1n) is 5.61. The number of benzene rings is 1. The fourth-order valence-corrected chi connectivity index (χ4v) is 1.75. The number of halogens is 4. The third-order valence-corrected chi connectivity index (χ3v) is 2.62. The number of hydrogen-bond acceptors (Lipinski definition) is 2. The summed E-state index contributed by atoms with van der Waals surface area (Å²) in [5.74, 6) is -0.829. The van der Waals surface area contributed by atoms with Crippen LogP contribution in [-0.4, -0.2) is 4.98 Å². The molecule has 0 atom stereocenters. The van der Waals surface area contributed by atoms with Gasteiger partial charge in [-0.15, -0.1) is 0 Å². The van der Waals surface area contributed by atoms with Gasteiger partial charge in [-0.05, 0) is 29.8 Å². The van der Waals surface area contributed by atoms with Gasteiger partial charge in [0.15, 0.2) is 0 Å². The van der Waals surface area contributed by atoms with Crippen LogP contribution in [0.4, 0.5) is 17.6 Å². The van der Waals surface area contributed by atoms with Crippen molar-refractivity contribution in [3.05, 3.63) is 53.5 Å². The van der Waals surface area contributed by atoms with Gasteiger partial charge < -0.3 is 0 Å². The van der Waals surface area contributed by atoms with E-state index < -0.39 is 17.7 Å². The first kappa shape index (κ1) is 14.0. The predicted molar refractivity (Wildman–Crippen MR) is 64.0 cm³/mol. The Balaban J connectivity index is 2.49. The Morgan fingerprint density at radius 1 is 1.15 bits per heavy atom. The van der Waals surface area contributed by atoms with E-state index in [-0.39, 0.29) is 17.7 Å². The van der Waals surface area contributed by atoms with Crippen LogP contribution < -0.4 is 0 Å². The van der Waals surface area contributed by atoms with E-state index in [1.54, 1.807) is 0 Å². The number of aromatic nitrogens is 1. The van der Waals surface area contributed by atoms with Crippen LogP contribution in [0.5, 0.6) is 0 Å². The van der Waals surface area contributed by atoms with Gasteiger partial charge in [0.2, 0.25) is 5.95 Å². The lowest BCUT2D eigenvalue weighted by Gasteiger charge is -2.09. The van der Waals surface area contributed by atoms with Crippen molar-refractivity contribution in [3.8, 4) is 17.3 Å². The molecule has 0 saturated heterocycles. The van der Waals surface area contributed by atoms with Crippen molar-refractivity contribution >= 4 is 0 Å². The maximum atomic E-state index is 13.3. The molecule has 1 heterocycles. The van der Waals surface area contributed by atoms with Gasteiger partial charge in [-0.1, -0.05) is 12.1 Å². The molecule has 0 aliphatic carbocycles. The Labute approximate surface area is 112 Å². The van der Waals surface area contributed by atoms with E-state index in [0.29, 0.717) is 5.56 Å². The summed E-state index contributed by atoms with van der Waals surface area (Å²) in [6.45, 7) is 0. The molecule has 0 unspecified atom stereocenters. The van der Waals surface area contributed by atoms with Crippen LogP contribution in [0.1, 0.15) is 11.1 Å². The average molecular weight is 280 g/mol. The zero-order chi connectivity index (χ0) is 14.8. The molecule has 20 heavy (non-hydrogen) atoms. The highest BCUT2D eigenvalue weighted by atomic mass is 19.4. The minimum atomic E-state index is -4.47. The third kappa shape index (κ3) is 3.12. The topological polar surface area (TPSA) is 36.7 Å². The molecule has 2 rings (SSSR count). The molecule has 1 aromatic carbocycles. The molecular formula is C14H8F4N2. The Morgan fingerprint density at radius 3 is 2.55 bits per heavy atom. The average Bonchev–Trinajstić information content (AvgIpc) is 2.37. The van der Waals surface area contributed by atoms with Gasteiger partial charge in [0.1, 0.15) is 0 Å². The van der Waals surface area contributed by atoms with E-state index in [9.17, 15) is 17.6 Å². The largest absolute Gasteiger partial charge is 0.416 e. The summed E-state index contributed by atoms with van der Waals surface area (Å²) in [5, 5.41) is 8.58. The second kappa shape index (κ2) is 5.29. The highest BCUT2D eigenvalue weighted by Crippen LogP contribution is 2.31. The van der Waals surface area contributed by atoms with Gasteiger partial charge in [-0.3, -0.25) is 0 Å². The number of hydrogen-bond donors (Lipinski definition) is 0. The summed E-state index contributed by atoms with van der Waals surface area (Å²) < 4.78 is 51.2. The van der Waals surface area contributed by atoms with Crippen LogP contribution in [-0.2, 0) is 12.6 Å². The van der Waals surface area contributed by atoms with Gasteiger partial charge in [0.25, 0.3) is 0 Å². The Kier molecular flexibility index (Phi) is 3.70. The number of nitriles is 1. The van der Waals surface area contributed by atoms with Gasteiger partial charge in [-0.25, -0.2) is 4.98 Å². The van der Waals surface area contributed by atoms with Gasteiger partial charge in [0.05, 0.1) is 23.7 Å². The first-order chi connectivity index (χ1) is 9.40. The summed E-state index contributed by atoms with van der Waals surface area (Å²) in [5.41, 5.74) is -0.241. The summed E-state index contributed by atoms with van der Waals surface area (Å²) in [4.78, 5) is 3.57. The second-order valence-corrected chi connectivity index (χ2v) is 4.10. The second-order valence-electron chi connectivity index (χ2n) is 4.10.